The normalized spacial score (nSPS) is 13.1. The average Bonchev–Trinajstić information content (AvgIpc) is 2.17. The first-order valence-corrected chi connectivity index (χ1v) is 5.67. The zero-order chi connectivity index (χ0) is 10.8. The minimum atomic E-state index is 0.0378. The summed E-state index contributed by atoms with van der Waals surface area (Å²) in [4.78, 5) is 11.2. The number of amides is 1. The molecule has 0 rings (SSSR count). The Morgan fingerprint density at radius 2 is 2.07 bits per heavy atom. The van der Waals surface area contributed by atoms with Gasteiger partial charge in [-0.15, -0.1) is 0 Å². The second-order valence-corrected chi connectivity index (χ2v) is 3.61. The lowest BCUT2D eigenvalue weighted by Crippen LogP contribution is -2.32. The third kappa shape index (κ3) is 6.70. The van der Waals surface area contributed by atoms with Crippen molar-refractivity contribution in [1.82, 2.24) is 5.32 Å². The highest BCUT2D eigenvalue weighted by molar-refractivity contribution is 5.87. The molecule has 0 bridgehead atoms. The van der Waals surface area contributed by atoms with Gasteiger partial charge in [-0.2, -0.15) is 0 Å². The van der Waals surface area contributed by atoms with Crippen molar-refractivity contribution in [2.24, 2.45) is 0 Å². The van der Waals surface area contributed by atoms with E-state index in [4.69, 9.17) is 0 Å². The van der Waals surface area contributed by atoms with Crippen molar-refractivity contribution >= 4 is 5.91 Å². The van der Waals surface area contributed by atoms with Crippen molar-refractivity contribution in [3.8, 4) is 0 Å². The van der Waals surface area contributed by atoms with E-state index in [1.165, 1.54) is 19.3 Å². The van der Waals surface area contributed by atoms with E-state index < -0.39 is 0 Å². The molecule has 82 valence electrons. The quantitative estimate of drug-likeness (QED) is 0.493. The highest BCUT2D eigenvalue weighted by Gasteiger charge is 2.06. The molecule has 0 aromatic rings. The fraction of sp³-hybridized carbons (Fsp3) is 0.750. The van der Waals surface area contributed by atoms with E-state index in [0.717, 1.165) is 12.8 Å². The Labute approximate surface area is 87.8 Å². The second kappa shape index (κ2) is 8.79. The summed E-state index contributed by atoms with van der Waals surface area (Å²) in [7, 11) is 0. The fourth-order valence-corrected chi connectivity index (χ4v) is 1.42. The van der Waals surface area contributed by atoms with Gasteiger partial charge in [-0.05, 0) is 25.8 Å². The Balaban J connectivity index is 3.72. The van der Waals surface area contributed by atoms with E-state index in [9.17, 15) is 4.79 Å². The third-order valence-corrected chi connectivity index (χ3v) is 2.31. The second-order valence-electron chi connectivity index (χ2n) is 3.61. The van der Waals surface area contributed by atoms with Crippen LogP contribution < -0.4 is 5.32 Å². The predicted octanol–water partition coefficient (Wildman–Crippen LogP) is 3.04. The summed E-state index contributed by atoms with van der Waals surface area (Å²) in [5.41, 5.74) is 0. The maximum Gasteiger partial charge on any atom is 0.243 e. The van der Waals surface area contributed by atoms with E-state index in [1.807, 2.05) is 6.92 Å². The molecule has 2 heteroatoms. The van der Waals surface area contributed by atoms with Gasteiger partial charge in [0, 0.05) is 6.04 Å². The van der Waals surface area contributed by atoms with Crippen molar-refractivity contribution in [3.05, 3.63) is 12.2 Å². The monoisotopic (exact) mass is 197 g/mol. The van der Waals surface area contributed by atoms with Gasteiger partial charge in [0.1, 0.15) is 0 Å². The number of rotatable bonds is 7. The van der Waals surface area contributed by atoms with Crippen LogP contribution in [-0.4, -0.2) is 11.9 Å². The SMILES string of the molecule is C/C=C/C(=O)NC(CC)CCCCC. The summed E-state index contributed by atoms with van der Waals surface area (Å²) in [6.45, 7) is 6.17. The number of hydrogen-bond acceptors (Lipinski definition) is 1. The van der Waals surface area contributed by atoms with Gasteiger partial charge in [0.15, 0.2) is 0 Å². The summed E-state index contributed by atoms with van der Waals surface area (Å²) >= 11 is 0. The maximum atomic E-state index is 11.2. The van der Waals surface area contributed by atoms with Gasteiger partial charge in [0.2, 0.25) is 5.91 Å². The van der Waals surface area contributed by atoms with Crippen LogP contribution in [0.2, 0.25) is 0 Å². The molecule has 0 saturated heterocycles. The molecule has 0 spiro atoms. The van der Waals surface area contributed by atoms with Crippen LogP contribution in [0.3, 0.4) is 0 Å². The molecule has 1 N–H and O–H groups in total. The molecule has 1 amide bonds. The molecule has 0 aliphatic heterocycles. The molecule has 2 nitrogen and oxygen atoms in total. The van der Waals surface area contributed by atoms with E-state index in [1.54, 1.807) is 12.2 Å². The largest absolute Gasteiger partial charge is 0.350 e. The van der Waals surface area contributed by atoms with Gasteiger partial charge in [0.25, 0.3) is 0 Å². The van der Waals surface area contributed by atoms with Gasteiger partial charge in [-0.25, -0.2) is 0 Å². The molecule has 1 atom stereocenters. The minimum Gasteiger partial charge on any atom is -0.350 e. The number of carbonyl (C=O) groups excluding carboxylic acids is 1. The summed E-state index contributed by atoms with van der Waals surface area (Å²) in [5.74, 6) is 0.0378. The van der Waals surface area contributed by atoms with Crippen molar-refractivity contribution < 1.29 is 4.79 Å². The van der Waals surface area contributed by atoms with Crippen LogP contribution in [0.5, 0.6) is 0 Å². The molecule has 0 heterocycles. The lowest BCUT2D eigenvalue weighted by atomic mass is 10.1. The van der Waals surface area contributed by atoms with Crippen molar-refractivity contribution in [2.75, 3.05) is 0 Å². The third-order valence-electron chi connectivity index (χ3n) is 2.31. The number of carbonyl (C=O) groups is 1. The van der Waals surface area contributed by atoms with Crippen LogP contribution in [0.1, 0.15) is 52.9 Å². The summed E-state index contributed by atoms with van der Waals surface area (Å²) in [6, 6.07) is 0.352. The van der Waals surface area contributed by atoms with Crippen molar-refractivity contribution in [2.45, 2.75) is 58.9 Å². The van der Waals surface area contributed by atoms with Crippen molar-refractivity contribution in [3.63, 3.8) is 0 Å². The van der Waals surface area contributed by atoms with Gasteiger partial charge in [-0.1, -0.05) is 39.2 Å². The first kappa shape index (κ1) is 13.2. The Morgan fingerprint density at radius 3 is 2.57 bits per heavy atom. The Morgan fingerprint density at radius 1 is 1.36 bits per heavy atom. The van der Waals surface area contributed by atoms with Crippen LogP contribution in [0.15, 0.2) is 12.2 Å². The van der Waals surface area contributed by atoms with E-state index >= 15 is 0 Å². The number of allylic oxidation sites excluding steroid dienone is 1. The summed E-state index contributed by atoms with van der Waals surface area (Å²) in [6.07, 6.45) is 9.19. The van der Waals surface area contributed by atoms with Crippen LogP contribution >= 0.6 is 0 Å². The van der Waals surface area contributed by atoms with E-state index in [0.29, 0.717) is 6.04 Å². The molecule has 0 fully saturated rings. The topological polar surface area (TPSA) is 29.1 Å². The zero-order valence-electron chi connectivity index (χ0n) is 9.68. The molecule has 0 aliphatic carbocycles. The smallest absolute Gasteiger partial charge is 0.243 e. The molecule has 0 aromatic carbocycles. The molecule has 0 saturated carbocycles. The van der Waals surface area contributed by atoms with Crippen LogP contribution in [0.4, 0.5) is 0 Å². The van der Waals surface area contributed by atoms with Crippen LogP contribution in [0, 0.1) is 0 Å². The minimum absolute atomic E-state index is 0.0378. The molecule has 0 radical (unpaired) electrons. The van der Waals surface area contributed by atoms with Gasteiger partial charge < -0.3 is 5.32 Å². The van der Waals surface area contributed by atoms with E-state index in [2.05, 4.69) is 19.2 Å². The van der Waals surface area contributed by atoms with E-state index in [-0.39, 0.29) is 5.91 Å². The Bertz CT molecular complexity index is 175. The molecule has 1 unspecified atom stereocenters. The Kier molecular flexibility index (Phi) is 8.30. The molecule has 0 aliphatic rings. The summed E-state index contributed by atoms with van der Waals surface area (Å²) in [5, 5.41) is 3.00. The molecule has 0 aromatic heterocycles. The van der Waals surface area contributed by atoms with Crippen LogP contribution in [-0.2, 0) is 4.79 Å². The van der Waals surface area contributed by atoms with Crippen molar-refractivity contribution in [1.29, 1.82) is 0 Å². The van der Waals surface area contributed by atoms with Gasteiger partial charge in [-0.3, -0.25) is 4.79 Å². The number of unbranched alkanes of at least 4 members (excludes halogenated alkanes) is 2. The lowest BCUT2D eigenvalue weighted by Gasteiger charge is -2.15. The molecular formula is C12H23NO. The average molecular weight is 197 g/mol. The van der Waals surface area contributed by atoms with Gasteiger partial charge >= 0.3 is 0 Å². The zero-order valence-corrected chi connectivity index (χ0v) is 9.68. The maximum absolute atomic E-state index is 11.2. The molecular weight excluding hydrogens is 174 g/mol. The first-order valence-electron chi connectivity index (χ1n) is 5.67. The first-order chi connectivity index (χ1) is 6.74. The highest BCUT2D eigenvalue weighted by atomic mass is 16.1. The summed E-state index contributed by atoms with van der Waals surface area (Å²) < 4.78 is 0. The standard InChI is InChI=1S/C12H23NO/c1-4-7-8-10-11(6-3)13-12(14)9-5-2/h5,9,11H,4,6-8,10H2,1-3H3,(H,13,14)/b9-5+. The number of nitrogens with one attached hydrogen (secondary N) is 1. The van der Waals surface area contributed by atoms with Gasteiger partial charge in [0.05, 0.1) is 0 Å². The Hall–Kier alpha value is -0.790. The highest BCUT2D eigenvalue weighted by Crippen LogP contribution is 2.06. The number of hydrogen-bond donors (Lipinski definition) is 1. The van der Waals surface area contributed by atoms with Crippen LogP contribution in [0.25, 0.3) is 0 Å². The molecule has 14 heavy (non-hydrogen) atoms. The lowest BCUT2D eigenvalue weighted by molar-refractivity contribution is -0.117. The predicted molar refractivity (Wildman–Crippen MR) is 61.2 cm³/mol. The fourth-order valence-electron chi connectivity index (χ4n) is 1.42.